The van der Waals surface area contributed by atoms with Crippen molar-refractivity contribution in [3.63, 3.8) is 0 Å². The summed E-state index contributed by atoms with van der Waals surface area (Å²) in [6.07, 6.45) is 11.1. The second kappa shape index (κ2) is 25.1. The molecular weight excluding hydrogens is 875 g/mol. The molecule has 0 aromatic heterocycles. The Morgan fingerprint density at radius 1 is 0.609 bits per heavy atom. The van der Waals surface area contributed by atoms with Gasteiger partial charge in [-0.3, -0.25) is 28.8 Å². The summed E-state index contributed by atoms with van der Waals surface area (Å²) >= 11 is 0. The smallest absolute Gasteiger partial charge is 0.246 e. The maximum atomic E-state index is 13.9. The molecule has 380 valence electrons. The van der Waals surface area contributed by atoms with Crippen molar-refractivity contribution in [2.45, 2.75) is 181 Å². The van der Waals surface area contributed by atoms with Crippen LogP contribution in [0.5, 0.6) is 11.5 Å². The number of carbonyl (C=O) groups is 6. The number of hydrogen-bond acceptors (Lipinski definition) is 9. The molecule has 2 fully saturated rings. The number of unbranched alkanes of at least 4 members (excludes halogenated alkanes) is 2. The zero-order chi connectivity index (χ0) is 49.8. The number of nitrogens with zero attached hydrogens (tertiary/aromatic N) is 2. The minimum absolute atomic E-state index is 0.110. The Balaban J connectivity index is 0.966. The van der Waals surface area contributed by atoms with Crippen molar-refractivity contribution in [2.75, 3.05) is 33.4 Å². The first-order valence-electron chi connectivity index (χ1n) is 26.1. The number of nitrogens with one attached hydrogen (secondary N) is 5. The highest BCUT2D eigenvalue weighted by atomic mass is 16.5. The van der Waals surface area contributed by atoms with Crippen LogP contribution in [0.1, 0.15) is 160 Å². The van der Waals surface area contributed by atoms with E-state index in [1.807, 2.05) is 65.8 Å². The van der Waals surface area contributed by atoms with Gasteiger partial charge in [-0.1, -0.05) is 65.8 Å². The van der Waals surface area contributed by atoms with E-state index in [9.17, 15) is 28.8 Å². The molecule has 4 aliphatic rings. The summed E-state index contributed by atoms with van der Waals surface area (Å²) in [5.74, 6) is 0.168. The van der Waals surface area contributed by atoms with Crippen molar-refractivity contribution >= 4 is 35.4 Å². The average molecular weight is 956 g/mol. The molecular formula is C54H81N7O8. The van der Waals surface area contributed by atoms with Gasteiger partial charge in [0.1, 0.15) is 35.7 Å². The first kappa shape index (κ1) is 53.2. The Labute approximate surface area is 410 Å². The van der Waals surface area contributed by atoms with Crippen molar-refractivity contribution in [1.82, 2.24) is 36.4 Å². The number of amides is 6. The van der Waals surface area contributed by atoms with Gasteiger partial charge in [-0.15, -0.1) is 0 Å². The highest BCUT2D eigenvalue weighted by molar-refractivity contribution is 5.94. The van der Waals surface area contributed by atoms with E-state index in [1.165, 1.54) is 0 Å². The van der Waals surface area contributed by atoms with Crippen LogP contribution in [-0.2, 0) is 41.6 Å². The van der Waals surface area contributed by atoms with Gasteiger partial charge in [-0.25, -0.2) is 0 Å². The minimum Gasteiger partial charge on any atom is -0.493 e. The maximum absolute atomic E-state index is 13.9. The van der Waals surface area contributed by atoms with E-state index in [0.717, 1.165) is 104 Å². The standard InChI is InChI=1S/C54H81N7O8/c1-9-35(6)49(62)58-47(33(2)3)53(66)60-29-17-25-43(60)51(64)56-41-23-13-21-39-37(41)19-15-27-45(39)68-31-11-10-12-32-69-46-28-16-20-38-40(46)22-14-24-42(38)57-52(65)44-26-18-30-61(44)54(67)48(34(4)5)59-50(63)36(7)55-8/h15-16,19-20,27-28,33-36,41-44,47-48,55H,9-14,17-18,21-26,29-32H2,1-8H3,(H,56,64)(H,57,65)(H,58,62)(H,59,63)/t35-,36+,41-,42-,43+,44+,47+,48+/m1/s1. The molecule has 5 N–H and O–H groups in total. The van der Waals surface area contributed by atoms with Crippen LogP contribution in [-0.4, -0.2) is 109 Å². The highest BCUT2D eigenvalue weighted by Gasteiger charge is 2.42. The maximum Gasteiger partial charge on any atom is 0.246 e. The second-order valence-corrected chi connectivity index (χ2v) is 20.5. The van der Waals surface area contributed by atoms with E-state index >= 15 is 0 Å². The van der Waals surface area contributed by atoms with Crippen LogP contribution >= 0.6 is 0 Å². The van der Waals surface area contributed by atoms with Gasteiger partial charge in [0.15, 0.2) is 0 Å². The number of ether oxygens (including phenoxy) is 2. The Hall–Kier alpha value is -5.18. The summed E-state index contributed by atoms with van der Waals surface area (Å²) in [7, 11) is 1.70. The van der Waals surface area contributed by atoms with Crippen LogP contribution < -0.4 is 36.1 Å². The van der Waals surface area contributed by atoms with Gasteiger partial charge in [-0.2, -0.15) is 0 Å². The van der Waals surface area contributed by atoms with Crippen molar-refractivity contribution in [3.05, 3.63) is 58.7 Å². The fraction of sp³-hybridized carbons (Fsp3) is 0.667. The van der Waals surface area contributed by atoms with Gasteiger partial charge in [0, 0.05) is 19.0 Å². The highest BCUT2D eigenvalue weighted by Crippen LogP contribution is 2.38. The molecule has 8 atom stereocenters. The zero-order valence-electron chi connectivity index (χ0n) is 42.6. The monoisotopic (exact) mass is 956 g/mol. The molecule has 2 aromatic rings. The first-order chi connectivity index (χ1) is 33.1. The number of hydrogen-bond donors (Lipinski definition) is 5. The molecule has 0 spiro atoms. The Kier molecular flexibility index (Phi) is 19.3. The molecule has 0 unspecified atom stereocenters. The molecule has 6 rings (SSSR count). The molecule has 69 heavy (non-hydrogen) atoms. The third kappa shape index (κ3) is 13.2. The number of likely N-dealkylation sites (N-methyl/N-ethyl adjacent to an activating group) is 1. The van der Waals surface area contributed by atoms with Crippen LogP contribution in [0, 0.1) is 17.8 Å². The lowest BCUT2D eigenvalue weighted by atomic mass is 9.87. The SMILES string of the molecule is CC[C@@H](C)C(=O)N[C@H](C(=O)N1CCC[C@H]1C(=O)N[C@@H]1CCCc2c(OCCCCCOc3cccc4c3CCC[C@H]4NC(=O)[C@@H]3CCCN3C(=O)[C@@H](NC(=O)[C@H](C)NC)C(C)C)cccc21)C(C)C. The summed E-state index contributed by atoms with van der Waals surface area (Å²) in [5, 5.41) is 15.4. The van der Waals surface area contributed by atoms with Gasteiger partial charge in [0.2, 0.25) is 35.4 Å². The first-order valence-corrected chi connectivity index (χ1v) is 26.1. The Bertz CT molecular complexity index is 1970. The number of rotatable bonds is 22. The van der Waals surface area contributed by atoms with Gasteiger partial charge >= 0.3 is 0 Å². The summed E-state index contributed by atoms with van der Waals surface area (Å²) in [6.45, 7) is 15.3. The average Bonchev–Trinajstić information content (AvgIpc) is 4.05. The van der Waals surface area contributed by atoms with Gasteiger partial charge in [-0.05, 0) is 150 Å². The van der Waals surface area contributed by atoms with Gasteiger partial charge in [0.25, 0.3) is 0 Å². The normalized spacial score (nSPS) is 21.7. The number of fused-ring (bicyclic) bond motifs is 2. The fourth-order valence-corrected chi connectivity index (χ4v) is 10.4. The lowest BCUT2D eigenvalue weighted by molar-refractivity contribution is -0.143. The molecule has 15 nitrogen and oxygen atoms in total. The summed E-state index contributed by atoms with van der Waals surface area (Å²) in [4.78, 5) is 84.2. The molecule has 0 saturated carbocycles. The Morgan fingerprint density at radius 3 is 1.48 bits per heavy atom. The largest absolute Gasteiger partial charge is 0.493 e. The minimum atomic E-state index is -0.716. The predicted molar refractivity (Wildman–Crippen MR) is 266 cm³/mol. The molecule has 2 saturated heterocycles. The van der Waals surface area contributed by atoms with Crippen LogP contribution in [0.25, 0.3) is 0 Å². The van der Waals surface area contributed by atoms with Gasteiger partial charge < -0.3 is 45.9 Å². The van der Waals surface area contributed by atoms with E-state index in [0.29, 0.717) is 45.6 Å². The summed E-state index contributed by atoms with van der Waals surface area (Å²) in [6, 6.07) is 8.79. The molecule has 6 amide bonds. The van der Waals surface area contributed by atoms with E-state index in [-0.39, 0.29) is 65.3 Å². The number of likely N-dealkylation sites (tertiary alicyclic amines) is 2. The molecule has 2 aromatic carbocycles. The summed E-state index contributed by atoms with van der Waals surface area (Å²) in [5.41, 5.74) is 4.38. The molecule has 2 aliphatic heterocycles. The van der Waals surface area contributed by atoms with Crippen molar-refractivity contribution in [1.29, 1.82) is 0 Å². The van der Waals surface area contributed by atoms with E-state index < -0.39 is 30.2 Å². The molecule has 15 heteroatoms. The molecule has 2 heterocycles. The lowest BCUT2D eigenvalue weighted by Gasteiger charge is -2.33. The van der Waals surface area contributed by atoms with Gasteiger partial charge in [0.05, 0.1) is 31.3 Å². The van der Waals surface area contributed by atoms with Crippen LogP contribution in [0.3, 0.4) is 0 Å². The second-order valence-electron chi connectivity index (χ2n) is 20.5. The zero-order valence-corrected chi connectivity index (χ0v) is 42.6. The lowest BCUT2D eigenvalue weighted by Crippen LogP contribution is -2.57. The third-order valence-corrected chi connectivity index (χ3v) is 14.9. The topological polar surface area (TPSA) is 188 Å². The van der Waals surface area contributed by atoms with Crippen LogP contribution in [0.2, 0.25) is 0 Å². The van der Waals surface area contributed by atoms with E-state index in [2.05, 4.69) is 38.7 Å². The van der Waals surface area contributed by atoms with E-state index in [1.54, 1.807) is 23.8 Å². The number of carbonyl (C=O) groups excluding carboxylic acids is 6. The Morgan fingerprint density at radius 2 is 1.06 bits per heavy atom. The fourth-order valence-electron chi connectivity index (χ4n) is 10.4. The van der Waals surface area contributed by atoms with E-state index in [4.69, 9.17) is 9.47 Å². The summed E-state index contributed by atoms with van der Waals surface area (Å²) < 4.78 is 12.8. The molecule has 0 radical (unpaired) electrons. The molecule has 0 bridgehead atoms. The van der Waals surface area contributed by atoms with Crippen LogP contribution in [0.15, 0.2) is 36.4 Å². The predicted octanol–water partition coefficient (Wildman–Crippen LogP) is 6.22. The molecule has 2 aliphatic carbocycles. The number of benzene rings is 2. The van der Waals surface area contributed by atoms with Crippen LogP contribution in [0.4, 0.5) is 0 Å². The van der Waals surface area contributed by atoms with Crippen molar-refractivity contribution in [3.8, 4) is 11.5 Å². The third-order valence-electron chi connectivity index (χ3n) is 14.9. The van der Waals surface area contributed by atoms with Crippen molar-refractivity contribution in [2.24, 2.45) is 17.8 Å². The quantitative estimate of drug-likeness (QED) is 0.0855. The van der Waals surface area contributed by atoms with Crippen molar-refractivity contribution < 1.29 is 38.2 Å².